The highest BCUT2D eigenvalue weighted by Gasteiger charge is 2.43. The van der Waals surface area contributed by atoms with Gasteiger partial charge in [-0.25, -0.2) is 0 Å². The number of nitrogens with one attached hydrogen (secondary N) is 1. The highest BCUT2D eigenvalue weighted by Crippen LogP contribution is 2.50. The molecule has 1 N–H and O–H groups in total. The molecule has 1 saturated heterocycles. The van der Waals surface area contributed by atoms with Crippen LogP contribution in [0.5, 0.6) is 0 Å². The maximum absolute atomic E-state index is 6.44. The summed E-state index contributed by atoms with van der Waals surface area (Å²) in [6.07, 6.45) is 2.39. The SMILES string of the molecule is Clc1ccc(Cl)c(-c2cc3c4c(c2)[C@H]2CNCC[C@H]2N4CC3)c1. The van der Waals surface area contributed by atoms with Gasteiger partial charge in [-0.05, 0) is 66.4 Å². The molecule has 2 nitrogen and oxygen atoms in total. The van der Waals surface area contributed by atoms with Gasteiger partial charge in [0.2, 0.25) is 0 Å². The van der Waals surface area contributed by atoms with Gasteiger partial charge in [0.1, 0.15) is 0 Å². The van der Waals surface area contributed by atoms with E-state index in [1.165, 1.54) is 28.8 Å². The van der Waals surface area contributed by atoms with Crippen molar-refractivity contribution in [3.8, 4) is 11.1 Å². The Morgan fingerprint density at radius 1 is 1.13 bits per heavy atom. The van der Waals surface area contributed by atoms with Crippen LogP contribution in [0.15, 0.2) is 30.3 Å². The average molecular weight is 345 g/mol. The lowest BCUT2D eigenvalue weighted by Gasteiger charge is -2.32. The lowest BCUT2D eigenvalue weighted by molar-refractivity contribution is 0.405. The van der Waals surface area contributed by atoms with E-state index in [-0.39, 0.29) is 0 Å². The van der Waals surface area contributed by atoms with Crippen LogP contribution in [-0.2, 0) is 6.42 Å². The Kier molecular flexibility index (Phi) is 3.16. The standard InChI is InChI=1S/C19H18Cl2N2/c20-13-1-2-17(21)14(9-13)12-7-11-4-6-23-18-3-5-22-10-16(18)15(8-12)19(11)23/h1-2,7-9,16,18,22H,3-6,10H2/t16-,18-/m1/s1. The van der Waals surface area contributed by atoms with E-state index in [1.807, 2.05) is 18.2 Å². The predicted octanol–water partition coefficient (Wildman–Crippen LogP) is 4.48. The lowest BCUT2D eigenvalue weighted by Crippen LogP contribution is -2.43. The minimum atomic E-state index is 0.607. The smallest absolute Gasteiger partial charge is 0.0485 e. The first kappa shape index (κ1) is 14.2. The summed E-state index contributed by atoms with van der Waals surface area (Å²) < 4.78 is 0. The van der Waals surface area contributed by atoms with E-state index >= 15 is 0 Å². The zero-order valence-corrected chi connectivity index (χ0v) is 14.3. The van der Waals surface area contributed by atoms with Crippen LogP contribution in [0.4, 0.5) is 5.69 Å². The first-order valence-corrected chi connectivity index (χ1v) is 9.07. The molecule has 2 aromatic rings. The van der Waals surface area contributed by atoms with Gasteiger partial charge < -0.3 is 10.2 Å². The lowest BCUT2D eigenvalue weighted by atomic mass is 9.87. The van der Waals surface area contributed by atoms with Crippen molar-refractivity contribution in [3.05, 3.63) is 51.5 Å². The Morgan fingerprint density at radius 2 is 2.04 bits per heavy atom. The van der Waals surface area contributed by atoms with Crippen molar-refractivity contribution in [2.24, 2.45) is 0 Å². The summed E-state index contributed by atoms with van der Waals surface area (Å²) >= 11 is 12.6. The Bertz CT molecular complexity index is 802. The van der Waals surface area contributed by atoms with Gasteiger partial charge in [-0.15, -0.1) is 0 Å². The minimum absolute atomic E-state index is 0.607. The van der Waals surface area contributed by atoms with E-state index in [0.29, 0.717) is 12.0 Å². The van der Waals surface area contributed by atoms with Crippen LogP contribution in [0.1, 0.15) is 23.5 Å². The number of halogens is 2. The molecule has 5 rings (SSSR count). The molecule has 0 aromatic heterocycles. The summed E-state index contributed by atoms with van der Waals surface area (Å²) in [6.45, 7) is 3.38. The molecule has 0 radical (unpaired) electrons. The van der Waals surface area contributed by atoms with Crippen molar-refractivity contribution >= 4 is 28.9 Å². The van der Waals surface area contributed by atoms with Gasteiger partial charge in [-0.1, -0.05) is 23.2 Å². The summed E-state index contributed by atoms with van der Waals surface area (Å²) in [5, 5.41) is 5.07. The molecule has 0 saturated carbocycles. The van der Waals surface area contributed by atoms with E-state index in [0.717, 1.165) is 41.7 Å². The molecule has 2 atom stereocenters. The topological polar surface area (TPSA) is 15.3 Å². The van der Waals surface area contributed by atoms with Gasteiger partial charge in [0.15, 0.2) is 0 Å². The number of hydrogen-bond donors (Lipinski definition) is 1. The largest absolute Gasteiger partial charge is 0.367 e. The van der Waals surface area contributed by atoms with Gasteiger partial charge in [0, 0.05) is 46.3 Å². The van der Waals surface area contributed by atoms with Crippen LogP contribution in [0.2, 0.25) is 10.0 Å². The van der Waals surface area contributed by atoms with Crippen molar-refractivity contribution in [3.63, 3.8) is 0 Å². The molecule has 0 amide bonds. The summed E-state index contributed by atoms with van der Waals surface area (Å²) in [7, 11) is 0. The molecule has 1 fully saturated rings. The van der Waals surface area contributed by atoms with E-state index in [1.54, 1.807) is 0 Å². The normalized spacial score (nSPS) is 24.7. The summed E-state index contributed by atoms with van der Waals surface area (Å²) in [5.41, 5.74) is 6.74. The second-order valence-electron chi connectivity index (χ2n) is 6.81. The summed E-state index contributed by atoms with van der Waals surface area (Å²) in [6, 6.07) is 11.1. The molecule has 0 unspecified atom stereocenters. The molecule has 118 valence electrons. The Morgan fingerprint density at radius 3 is 2.96 bits per heavy atom. The minimum Gasteiger partial charge on any atom is -0.367 e. The molecular weight excluding hydrogens is 327 g/mol. The second-order valence-corrected chi connectivity index (χ2v) is 7.65. The third-order valence-electron chi connectivity index (χ3n) is 5.61. The zero-order valence-electron chi connectivity index (χ0n) is 12.8. The third kappa shape index (κ3) is 2.05. The second kappa shape index (κ2) is 5.14. The van der Waals surface area contributed by atoms with Crippen molar-refractivity contribution in [2.75, 3.05) is 24.5 Å². The van der Waals surface area contributed by atoms with Crippen molar-refractivity contribution in [1.29, 1.82) is 0 Å². The molecule has 0 spiro atoms. The number of nitrogens with zero attached hydrogens (tertiary/aromatic N) is 1. The third-order valence-corrected chi connectivity index (χ3v) is 6.18. The Balaban J connectivity index is 1.69. The van der Waals surface area contributed by atoms with Gasteiger partial charge in [0.25, 0.3) is 0 Å². The number of piperidine rings is 1. The number of fused-ring (bicyclic) bond motifs is 3. The molecule has 23 heavy (non-hydrogen) atoms. The van der Waals surface area contributed by atoms with Crippen LogP contribution in [0.3, 0.4) is 0 Å². The molecule has 0 bridgehead atoms. The van der Waals surface area contributed by atoms with Crippen LogP contribution in [0.25, 0.3) is 11.1 Å². The molecule has 0 aliphatic carbocycles. The van der Waals surface area contributed by atoms with Gasteiger partial charge in [-0.2, -0.15) is 0 Å². The van der Waals surface area contributed by atoms with E-state index in [9.17, 15) is 0 Å². The fourth-order valence-corrected chi connectivity index (χ4v) is 5.03. The van der Waals surface area contributed by atoms with Crippen LogP contribution in [0, 0.1) is 0 Å². The number of benzene rings is 2. The van der Waals surface area contributed by atoms with E-state index in [2.05, 4.69) is 22.3 Å². The molecule has 3 aliphatic rings. The predicted molar refractivity (Wildman–Crippen MR) is 97.0 cm³/mol. The first-order chi connectivity index (χ1) is 11.2. The van der Waals surface area contributed by atoms with Gasteiger partial charge in [0.05, 0.1) is 0 Å². The van der Waals surface area contributed by atoms with Crippen molar-refractivity contribution in [1.82, 2.24) is 5.32 Å². The first-order valence-electron chi connectivity index (χ1n) is 8.32. The highest BCUT2D eigenvalue weighted by atomic mass is 35.5. The Labute approximate surface area is 146 Å². The fraction of sp³-hybridized carbons (Fsp3) is 0.368. The average Bonchev–Trinajstić information content (AvgIpc) is 3.13. The molecule has 3 heterocycles. The van der Waals surface area contributed by atoms with Gasteiger partial charge >= 0.3 is 0 Å². The van der Waals surface area contributed by atoms with Gasteiger partial charge in [-0.3, -0.25) is 0 Å². The molecule has 2 aromatic carbocycles. The van der Waals surface area contributed by atoms with E-state index in [4.69, 9.17) is 23.2 Å². The fourth-order valence-electron chi connectivity index (χ4n) is 4.64. The molecular formula is C19H18Cl2N2. The molecule has 3 aliphatic heterocycles. The van der Waals surface area contributed by atoms with Crippen LogP contribution in [-0.4, -0.2) is 25.7 Å². The monoisotopic (exact) mass is 344 g/mol. The highest BCUT2D eigenvalue weighted by molar-refractivity contribution is 6.35. The van der Waals surface area contributed by atoms with Crippen LogP contribution >= 0.6 is 23.2 Å². The zero-order chi connectivity index (χ0) is 15.6. The quantitative estimate of drug-likeness (QED) is 0.820. The number of anilines is 1. The van der Waals surface area contributed by atoms with Crippen LogP contribution < -0.4 is 10.2 Å². The summed E-state index contributed by atoms with van der Waals surface area (Å²) in [4.78, 5) is 2.65. The number of hydrogen-bond acceptors (Lipinski definition) is 2. The summed E-state index contributed by atoms with van der Waals surface area (Å²) in [5.74, 6) is 0.607. The Hall–Kier alpha value is -1.22. The van der Waals surface area contributed by atoms with E-state index < -0.39 is 0 Å². The molecule has 4 heteroatoms. The maximum Gasteiger partial charge on any atom is 0.0485 e. The number of rotatable bonds is 1. The van der Waals surface area contributed by atoms with Crippen molar-refractivity contribution < 1.29 is 0 Å². The van der Waals surface area contributed by atoms with Crippen molar-refractivity contribution in [2.45, 2.75) is 24.8 Å². The maximum atomic E-state index is 6.44.